The van der Waals surface area contributed by atoms with Gasteiger partial charge in [-0.25, -0.2) is 4.79 Å². The molecule has 0 heterocycles. The van der Waals surface area contributed by atoms with E-state index in [1.54, 1.807) is 49.6 Å². The highest BCUT2D eigenvalue weighted by Crippen LogP contribution is 2.37. The highest BCUT2D eigenvalue weighted by atomic mass is 35.5. The molecule has 0 amide bonds. The minimum atomic E-state index is -0.972. The largest absolute Gasteiger partial charge is 0.493 e. The van der Waals surface area contributed by atoms with Gasteiger partial charge in [0.15, 0.2) is 11.5 Å². The van der Waals surface area contributed by atoms with E-state index in [0.29, 0.717) is 40.4 Å². The number of hydrogen-bond acceptors (Lipinski definition) is 4. The number of carbonyl (C=O) groups is 1. The average molecular weight is 432 g/mol. The number of carboxylic acid groups (broad SMARTS) is 1. The van der Waals surface area contributed by atoms with Crippen LogP contribution in [0.4, 0.5) is 5.69 Å². The second kappa shape index (κ2) is 9.54. The predicted molar refractivity (Wildman–Crippen MR) is 115 cm³/mol. The van der Waals surface area contributed by atoms with Crippen LogP contribution in [0.5, 0.6) is 11.5 Å². The van der Waals surface area contributed by atoms with Crippen LogP contribution < -0.4 is 14.8 Å². The molecule has 0 radical (unpaired) electrons. The number of carboxylic acids is 1. The van der Waals surface area contributed by atoms with Crippen molar-refractivity contribution in [1.29, 1.82) is 0 Å². The van der Waals surface area contributed by atoms with Gasteiger partial charge in [0, 0.05) is 17.3 Å². The third kappa shape index (κ3) is 5.56. The summed E-state index contributed by atoms with van der Waals surface area (Å²) in [7, 11) is 1.55. The van der Waals surface area contributed by atoms with Crippen molar-refractivity contribution < 1.29 is 19.4 Å². The summed E-state index contributed by atoms with van der Waals surface area (Å²) >= 11 is 12.3. The minimum absolute atomic E-state index is 0.219. The highest BCUT2D eigenvalue weighted by molar-refractivity contribution is 6.32. The summed E-state index contributed by atoms with van der Waals surface area (Å²) in [6.07, 6.45) is 0. The summed E-state index contributed by atoms with van der Waals surface area (Å²) < 4.78 is 11.3. The van der Waals surface area contributed by atoms with E-state index in [-0.39, 0.29) is 5.56 Å². The molecule has 150 valence electrons. The molecule has 3 rings (SSSR count). The van der Waals surface area contributed by atoms with Gasteiger partial charge in [0.05, 0.1) is 17.7 Å². The van der Waals surface area contributed by atoms with E-state index in [9.17, 15) is 4.79 Å². The molecule has 2 N–H and O–H groups in total. The zero-order chi connectivity index (χ0) is 20.8. The molecular weight excluding hydrogens is 413 g/mol. The fraction of sp³-hybridized carbons (Fsp3) is 0.136. The number of hydrogen-bond donors (Lipinski definition) is 2. The molecule has 0 aliphatic heterocycles. The molecule has 0 unspecified atom stereocenters. The van der Waals surface area contributed by atoms with Crippen LogP contribution in [-0.2, 0) is 13.2 Å². The number of halogens is 2. The molecule has 0 saturated heterocycles. The average Bonchev–Trinajstić information content (AvgIpc) is 2.72. The van der Waals surface area contributed by atoms with Gasteiger partial charge in [-0.15, -0.1) is 0 Å². The summed E-state index contributed by atoms with van der Waals surface area (Å²) in [6, 6.07) is 17.6. The molecule has 0 spiro atoms. The van der Waals surface area contributed by atoms with E-state index in [4.69, 9.17) is 37.8 Å². The first kappa shape index (κ1) is 20.8. The molecular formula is C22H19Cl2NO4. The lowest BCUT2D eigenvalue weighted by molar-refractivity contribution is 0.0697. The van der Waals surface area contributed by atoms with Gasteiger partial charge in [-0.1, -0.05) is 41.4 Å². The van der Waals surface area contributed by atoms with Crippen LogP contribution in [0.1, 0.15) is 21.5 Å². The van der Waals surface area contributed by atoms with E-state index < -0.39 is 5.97 Å². The molecule has 5 nitrogen and oxygen atoms in total. The van der Waals surface area contributed by atoms with Crippen LogP contribution in [0.2, 0.25) is 10.0 Å². The van der Waals surface area contributed by atoms with E-state index in [1.807, 2.05) is 18.2 Å². The van der Waals surface area contributed by atoms with Crippen molar-refractivity contribution in [3.63, 3.8) is 0 Å². The van der Waals surface area contributed by atoms with Crippen molar-refractivity contribution in [3.05, 3.63) is 87.4 Å². The summed E-state index contributed by atoms with van der Waals surface area (Å²) in [5.41, 5.74) is 2.74. The van der Waals surface area contributed by atoms with Gasteiger partial charge >= 0.3 is 5.97 Å². The molecule has 0 bridgehead atoms. The zero-order valence-corrected chi connectivity index (χ0v) is 17.1. The second-order valence-corrected chi connectivity index (χ2v) is 7.11. The number of benzene rings is 3. The maximum Gasteiger partial charge on any atom is 0.335 e. The smallest absolute Gasteiger partial charge is 0.335 e. The molecule has 0 aliphatic rings. The van der Waals surface area contributed by atoms with Gasteiger partial charge < -0.3 is 19.9 Å². The zero-order valence-electron chi connectivity index (χ0n) is 15.6. The topological polar surface area (TPSA) is 67.8 Å². The quantitative estimate of drug-likeness (QED) is 0.465. The third-order valence-corrected chi connectivity index (χ3v) is 4.72. The van der Waals surface area contributed by atoms with E-state index in [2.05, 4.69) is 5.32 Å². The fourth-order valence-corrected chi connectivity index (χ4v) is 3.13. The van der Waals surface area contributed by atoms with Gasteiger partial charge in [0.1, 0.15) is 6.61 Å². The first-order chi connectivity index (χ1) is 14.0. The van der Waals surface area contributed by atoms with E-state index >= 15 is 0 Å². The van der Waals surface area contributed by atoms with Gasteiger partial charge in [0.25, 0.3) is 0 Å². The Hall–Kier alpha value is -2.89. The maximum atomic E-state index is 11.1. The molecule has 3 aromatic rings. The Balaban J connectivity index is 1.71. The lowest BCUT2D eigenvalue weighted by atomic mass is 10.1. The molecule has 0 aliphatic carbocycles. The van der Waals surface area contributed by atoms with Crippen molar-refractivity contribution in [3.8, 4) is 11.5 Å². The monoisotopic (exact) mass is 431 g/mol. The van der Waals surface area contributed by atoms with Crippen LogP contribution >= 0.6 is 23.2 Å². The van der Waals surface area contributed by atoms with Gasteiger partial charge in [-0.05, 0) is 53.6 Å². The molecule has 0 fully saturated rings. The number of nitrogens with one attached hydrogen (secondary N) is 1. The fourth-order valence-electron chi connectivity index (χ4n) is 2.72. The normalized spacial score (nSPS) is 10.4. The van der Waals surface area contributed by atoms with Crippen LogP contribution in [0, 0.1) is 0 Å². The summed E-state index contributed by atoms with van der Waals surface area (Å²) in [6.45, 7) is 0.767. The van der Waals surface area contributed by atoms with Crippen molar-refractivity contribution in [2.75, 3.05) is 12.4 Å². The number of aromatic carboxylic acids is 1. The first-order valence-corrected chi connectivity index (χ1v) is 9.52. The van der Waals surface area contributed by atoms with Crippen molar-refractivity contribution in [1.82, 2.24) is 0 Å². The van der Waals surface area contributed by atoms with Crippen LogP contribution in [0.3, 0.4) is 0 Å². The maximum absolute atomic E-state index is 11.1. The standard InChI is InChI=1S/C22H19Cl2NO4/c1-28-20-10-15(12-25-18-4-2-3-16(11-18)22(26)27)9-19(24)21(20)29-13-14-5-7-17(23)8-6-14/h2-11,25H,12-13H2,1H3,(H,26,27). The van der Waals surface area contributed by atoms with Crippen molar-refractivity contribution in [2.24, 2.45) is 0 Å². The van der Waals surface area contributed by atoms with Crippen LogP contribution in [-0.4, -0.2) is 18.2 Å². The predicted octanol–water partition coefficient (Wildman–Crippen LogP) is 5.89. The third-order valence-electron chi connectivity index (χ3n) is 4.19. The number of methoxy groups -OCH3 is 1. The van der Waals surface area contributed by atoms with Crippen molar-refractivity contribution >= 4 is 34.9 Å². The Morgan fingerprint density at radius 2 is 1.79 bits per heavy atom. The Bertz CT molecular complexity index is 1010. The number of ether oxygens (including phenoxy) is 2. The molecule has 7 heteroatoms. The Morgan fingerprint density at radius 1 is 1.03 bits per heavy atom. The molecule has 0 saturated carbocycles. The molecule has 0 atom stereocenters. The minimum Gasteiger partial charge on any atom is -0.493 e. The molecule has 0 aromatic heterocycles. The van der Waals surface area contributed by atoms with E-state index in [0.717, 1.165) is 11.1 Å². The second-order valence-electron chi connectivity index (χ2n) is 6.26. The SMILES string of the molecule is COc1cc(CNc2cccc(C(=O)O)c2)cc(Cl)c1OCc1ccc(Cl)cc1. The first-order valence-electron chi connectivity index (χ1n) is 8.77. The highest BCUT2D eigenvalue weighted by Gasteiger charge is 2.13. The Labute approximate surface area is 178 Å². The summed E-state index contributed by atoms with van der Waals surface area (Å²) in [5, 5.41) is 13.4. The van der Waals surface area contributed by atoms with Gasteiger partial charge in [0.2, 0.25) is 0 Å². The number of anilines is 1. The summed E-state index contributed by atoms with van der Waals surface area (Å²) in [4.78, 5) is 11.1. The lowest BCUT2D eigenvalue weighted by Gasteiger charge is -2.15. The lowest BCUT2D eigenvalue weighted by Crippen LogP contribution is -2.04. The molecule has 3 aromatic carbocycles. The Morgan fingerprint density at radius 3 is 2.48 bits per heavy atom. The van der Waals surface area contributed by atoms with Crippen LogP contribution in [0.15, 0.2) is 60.7 Å². The number of rotatable bonds is 8. The summed E-state index contributed by atoms with van der Waals surface area (Å²) in [5.74, 6) is 0.00356. The van der Waals surface area contributed by atoms with Gasteiger partial charge in [-0.2, -0.15) is 0 Å². The molecule has 29 heavy (non-hydrogen) atoms. The Kier molecular flexibility index (Phi) is 6.86. The van der Waals surface area contributed by atoms with Crippen LogP contribution in [0.25, 0.3) is 0 Å². The van der Waals surface area contributed by atoms with Crippen molar-refractivity contribution in [2.45, 2.75) is 13.2 Å². The van der Waals surface area contributed by atoms with E-state index in [1.165, 1.54) is 0 Å². The van der Waals surface area contributed by atoms with Gasteiger partial charge in [-0.3, -0.25) is 0 Å².